The maximum Gasteiger partial charge on any atom is 0.122 e. The monoisotopic (exact) mass is 240 g/mol. The van der Waals surface area contributed by atoms with Crippen LogP contribution in [0.5, 0.6) is 5.75 Å². The molecule has 0 aromatic heterocycles. The summed E-state index contributed by atoms with van der Waals surface area (Å²) in [4.78, 5) is 0. The van der Waals surface area contributed by atoms with Gasteiger partial charge in [-0.3, -0.25) is 5.41 Å². The maximum absolute atomic E-state index is 7.29. The van der Waals surface area contributed by atoms with Crippen LogP contribution in [0.2, 0.25) is 0 Å². The number of nitrogens with one attached hydrogen (secondary N) is 1. The van der Waals surface area contributed by atoms with E-state index in [1.807, 2.05) is 30.3 Å². The van der Waals surface area contributed by atoms with Gasteiger partial charge < -0.3 is 10.5 Å². The molecule has 3 N–H and O–H groups in total. The van der Waals surface area contributed by atoms with E-state index in [0.717, 1.165) is 12.2 Å². The summed E-state index contributed by atoms with van der Waals surface area (Å²) in [6, 6.07) is 17.5. The summed E-state index contributed by atoms with van der Waals surface area (Å²) in [6.07, 6.45) is 0.884. The van der Waals surface area contributed by atoms with Crippen molar-refractivity contribution in [2.45, 2.75) is 6.42 Å². The fourth-order valence-electron chi connectivity index (χ4n) is 1.66. The third-order valence-electron chi connectivity index (χ3n) is 2.67. The molecule has 92 valence electrons. The van der Waals surface area contributed by atoms with Crippen LogP contribution in [0.25, 0.3) is 0 Å². The van der Waals surface area contributed by atoms with Crippen molar-refractivity contribution in [2.75, 3.05) is 6.61 Å². The summed E-state index contributed by atoms with van der Waals surface area (Å²) in [5.74, 6) is 0.877. The molecule has 0 fully saturated rings. The van der Waals surface area contributed by atoms with Gasteiger partial charge in [-0.25, -0.2) is 0 Å². The molecule has 2 aromatic rings. The molecule has 2 rings (SSSR count). The van der Waals surface area contributed by atoms with Crippen LogP contribution in [-0.4, -0.2) is 12.4 Å². The largest absolute Gasteiger partial charge is 0.493 e. The first-order valence-electron chi connectivity index (χ1n) is 5.87. The molecule has 0 aliphatic rings. The third-order valence-corrected chi connectivity index (χ3v) is 2.67. The highest BCUT2D eigenvalue weighted by Crippen LogP contribution is 2.12. The molecule has 0 radical (unpaired) electrons. The lowest BCUT2D eigenvalue weighted by Gasteiger charge is -2.07. The number of nitrogen functional groups attached to an aromatic ring is 1. The second-order valence-corrected chi connectivity index (χ2v) is 4.02. The molecule has 3 nitrogen and oxygen atoms in total. The van der Waals surface area contributed by atoms with Crippen molar-refractivity contribution in [3.63, 3.8) is 0 Å². The molecule has 3 heteroatoms. The Labute approximate surface area is 107 Å². The molecule has 2 aromatic carbocycles. The highest BCUT2D eigenvalue weighted by molar-refractivity contribution is 5.94. The fourth-order valence-corrected chi connectivity index (χ4v) is 1.66. The van der Waals surface area contributed by atoms with E-state index in [4.69, 9.17) is 15.9 Å². The van der Waals surface area contributed by atoms with Crippen molar-refractivity contribution in [1.82, 2.24) is 0 Å². The normalized spacial score (nSPS) is 10.0. The fraction of sp³-hybridized carbons (Fsp3) is 0.133. The summed E-state index contributed by atoms with van der Waals surface area (Å²) in [5.41, 5.74) is 7.36. The summed E-state index contributed by atoms with van der Waals surface area (Å²) in [7, 11) is 0. The summed E-state index contributed by atoms with van der Waals surface area (Å²) < 4.78 is 5.63. The summed E-state index contributed by atoms with van der Waals surface area (Å²) in [5, 5.41) is 7.29. The van der Waals surface area contributed by atoms with E-state index in [-0.39, 0.29) is 5.84 Å². The molecule has 0 bridgehead atoms. The van der Waals surface area contributed by atoms with E-state index < -0.39 is 0 Å². The Morgan fingerprint density at radius 1 is 1.00 bits per heavy atom. The lowest BCUT2D eigenvalue weighted by Crippen LogP contribution is -2.10. The van der Waals surface area contributed by atoms with E-state index >= 15 is 0 Å². The van der Waals surface area contributed by atoms with Crippen LogP contribution in [-0.2, 0) is 6.42 Å². The molecular formula is C15H16N2O. The zero-order chi connectivity index (χ0) is 12.8. The predicted octanol–water partition coefficient (Wildman–Crippen LogP) is 2.59. The first-order chi connectivity index (χ1) is 8.75. The third kappa shape index (κ3) is 3.35. The lowest BCUT2D eigenvalue weighted by molar-refractivity contribution is 0.322. The van der Waals surface area contributed by atoms with E-state index in [1.165, 1.54) is 5.56 Å². The molecule has 0 amide bonds. The molecule has 18 heavy (non-hydrogen) atoms. The lowest BCUT2D eigenvalue weighted by atomic mass is 10.2. The van der Waals surface area contributed by atoms with Crippen LogP contribution >= 0.6 is 0 Å². The average molecular weight is 240 g/mol. The second-order valence-electron chi connectivity index (χ2n) is 4.02. The van der Waals surface area contributed by atoms with E-state index in [1.54, 1.807) is 12.1 Å². The topological polar surface area (TPSA) is 59.1 Å². The van der Waals surface area contributed by atoms with Gasteiger partial charge in [-0.15, -0.1) is 0 Å². The van der Waals surface area contributed by atoms with Gasteiger partial charge in [-0.05, 0) is 29.8 Å². The van der Waals surface area contributed by atoms with Gasteiger partial charge in [0.05, 0.1) is 6.61 Å². The van der Waals surface area contributed by atoms with Gasteiger partial charge in [0.1, 0.15) is 11.6 Å². The minimum Gasteiger partial charge on any atom is -0.493 e. The van der Waals surface area contributed by atoms with Gasteiger partial charge in [0.2, 0.25) is 0 Å². The van der Waals surface area contributed by atoms with Crippen LogP contribution in [0.3, 0.4) is 0 Å². The van der Waals surface area contributed by atoms with E-state index in [2.05, 4.69) is 12.1 Å². The highest BCUT2D eigenvalue weighted by atomic mass is 16.5. The molecule has 0 unspecified atom stereocenters. The Balaban J connectivity index is 1.85. The molecule has 0 atom stereocenters. The quantitative estimate of drug-likeness (QED) is 0.623. The van der Waals surface area contributed by atoms with Gasteiger partial charge in [0.25, 0.3) is 0 Å². The number of rotatable bonds is 5. The highest BCUT2D eigenvalue weighted by Gasteiger charge is 1.98. The molecular weight excluding hydrogens is 224 g/mol. The molecule has 0 aliphatic carbocycles. The number of hydrogen-bond acceptors (Lipinski definition) is 2. The number of hydrogen-bond donors (Lipinski definition) is 2. The Hall–Kier alpha value is -2.29. The van der Waals surface area contributed by atoms with Crippen molar-refractivity contribution in [3.8, 4) is 5.75 Å². The number of ether oxygens (including phenoxy) is 1. The van der Waals surface area contributed by atoms with E-state index in [9.17, 15) is 0 Å². The average Bonchev–Trinajstić information content (AvgIpc) is 2.40. The molecule has 0 aliphatic heterocycles. The molecule has 0 saturated carbocycles. The predicted molar refractivity (Wildman–Crippen MR) is 73.1 cm³/mol. The Kier molecular flexibility index (Phi) is 3.97. The van der Waals surface area contributed by atoms with Crippen LogP contribution in [0, 0.1) is 5.41 Å². The molecule has 0 spiro atoms. The van der Waals surface area contributed by atoms with Crippen LogP contribution in [0.1, 0.15) is 11.1 Å². The SMILES string of the molecule is N=C(N)c1ccc(OCCc2ccccc2)cc1. The number of nitrogens with two attached hydrogens (primary N) is 1. The van der Waals surface area contributed by atoms with Crippen LogP contribution in [0.15, 0.2) is 54.6 Å². The summed E-state index contributed by atoms with van der Waals surface area (Å²) >= 11 is 0. The maximum atomic E-state index is 7.29. The van der Waals surface area contributed by atoms with E-state index in [0.29, 0.717) is 12.2 Å². The van der Waals surface area contributed by atoms with Crippen LogP contribution in [0.4, 0.5) is 0 Å². The van der Waals surface area contributed by atoms with Crippen molar-refractivity contribution >= 4 is 5.84 Å². The van der Waals surface area contributed by atoms with Gasteiger partial charge >= 0.3 is 0 Å². The van der Waals surface area contributed by atoms with Gasteiger partial charge in [-0.1, -0.05) is 30.3 Å². The molecule has 0 heterocycles. The smallest absolute Gasteiger partial charge is 0.122 e. The van der Waals surface area contributed by atoms with Crippen molar-refractivity contribution < 1.29 is 4.74 Å². The van der Waals surface area contributed by atoms with Crippen LogP contribution < -0.4 is 10.5 Å². The number of amidine groups is 1. The Morgan fingerprint density at radius 3 is 2.28 bits per heavy atom. The van der Waals surface area contributed by atoms with Crippen molar-refractivity contribution in [2.24, 2.45) is 5.73 Å². The van der Waals surface area contributed by atoms with Gasteiger partial charge in [-0.2, -0.15) is 0 Å². The minimum atomic E-state index is 0.0748. The number of benzene rings is 2. The van der Waals surface area contributed by atoms with Gasteiger partial charge in [0.15, 0.2) is 0 Å². The summed E-state index contributed by atoms with van der Waals surface area (Å²) in [6.45, 7) is 0.642. The first-order valence-corrected chi connectivity index (χ1v) is 5.87. The zero-order valence-electron chi connectivity index (χ0n) is 10.1. The van der Waals surface area contributed by atoms with Crippen molar-refractivity contribution in [3.05, 3.63) is 65.7 Å². The molecule has 0 saturated heterocycles. The van der Waals surface area contributed by atoms with Crippen molar-refractivity contribution in [1.29, 1.82) is 5.41 Å². The Morgan fingerprint density at radius 2 is 1.67 bits per heavy atom. The first kappa shape index (κ1) is 12.2. The Bertz CT molecular complexity index is 506. The second kappa shape index (κ2) is 5.87. The minimum absolute atomic E-state index is 0.0748. The zero-order valence-corrected chi connectivity index (χ0v) is 10.1. The standard InChI is InChI=1S/C15H16N2O/c16-15(17)13-6-8-14(9-7-13)18-11-10-12-4-2-1-3-5-12/h1-9H,10-11H2,(H3,16,17). The van der Waals surface area contributed by atoms with Gasteiger partial charge in [0, 0.05) is 12.0 Å².